The molecule has 0 radical (unpaired) electrons. The number of nitrogens with zero attached hydrogens (tertiary/aromatic N) is 4. The lowest BCUT2D eigenvalue weighted by Crippen LogP contribution is -1.95. The van der Waals surface area contributed by atoms with E-state index in [1.54, 1.807) is 34.8 Å². The van der Waals surface area contributed by atoms with Crippen LogP contribution in [0.1, 0.15) is 5.56 Å². The van der Waals surface area contributed by atoms with Gasteiger partial charge in [-0.25, -0.2) is 4.68 Å². The molecule has 0 unspecified atom stereocenters. The highest BCUT2D eigenvalue weighted by Gasteiger charge is 2.12. The van der Waals surface area contributed by atoms with Crippen molar-refractivity contribution in [2.24, 2.45) is 12.1 Å². The fourth-order valence-electron chi connectivity index (χ4n) is 2.05. The Labute approximate surface area is 162 Å². The van der Waals surface area contributed by atoms with Crippen molar-refractivity contribution in [3.63, 3.8) is 0 Å². The fourth-order valence-corrected chi connectivity index (χ4v) is 2.78. The standard InChI is InChI=1S/C16H11BrCl2N4S/c1-22-16(24)23(20-9-10-2-5-12(17)6-3-10)15(21-22)11-4-7-13(18)14(19)8-11/h2-9H,1H3/b20-9+. The minimum absolute atomic E-state index is 0.453. The second-order valence-corrected chi connectivity index (χ2v) is 7.06. The number of rotatable bonds is 3. The van der Waals surface area contributed by atoms with Crippen LogP contribution in [0.2, 0.25) is 10.0 Å². The summed E-state index contributed by atoms with van der Waals surface area (Å²) in [7, 11) is 1.77. The Kier molecular flexibility index (Phi) is 5.20. The molecule has 0 aliphatic rings. The topological polar surface area (TPSA) is 35.1 Å². The molecule has 0 spiro atoms. The summed E-state index contributed by atoms with van der Waals surface area (Å²) in [5.41, 5.74) is 1.73. The first-order valence-corrected chi connectivity index (χ1v) is 8.83. The van der Waals surface area contributed by atoms with Crippen molar-refractivity contribution >= 4 is 57.6 Å². The molecule has 0 saturated carbocycles. The summed E-state index contributed by atoms with van der Waals surface area (Å²) < 4.78 is 4.67. The lowest BCUT2D eigenvalue weighted by Gasteiger charge is -2.03. The predicted octanol–water partition coefficient (Wildman–Crippen LogP) is 5.57. The van der Waals surface area contributed by atoms with Gasteiger partial charge in [0, 0.05) is 17.1 Å². The zero-order valence-corrected chi connectivity index (χ0v) is 16.4. The third-order valence-electron chi connectivity index (χ3n) is 3.27. The minimum atomic E-state index is 0.453. The van der Waals surface area contributed by atoms with Crippen molar-refractivity contribution in [1.82, 2.24) is 14.5 Å². The van der Waals surface area contributed by atoms with Crippen LogP contribution in [0.4, 0.5) is 0 Å². The molecule has 24 heavy (non-hydrogen) atoms. The van der Waals surface area contributed by atoms with Crippen LogP contribution >= 0.6 is 51.3 Å². The second-order valence-electron chi connectivity index (χ2n) is 4.97. The number of benzene rings is 2. The number of hydrogen-bond acceptors (Lipinski definition) is 3. The average molecular weight is 442 g/mol. The van der Waals surface area contributed by atoms with Crippen LogP contribution in [0.15, 0.2) is 52.0 Å². The highest BCUT2D eigenvalue weighted by Crippen LogP contribution is 2.28. The van der Waals surface area contributed by atoms with Crippen LogP contribution in [0.5, 0.6) is 0 Å². The maximum absolute atomic E-state index is 6.11. The van der Waals surface area contributed by atoms with Gasteiger partial charge in [0.25, 0.3) is 0 Å². The predicted molar refractivity (Wildman–Crippen MR) is 105 cm³/mol. The van der Waals surface area contributed by atoms with Crippen molar-refractivity contribution in [1.29, 1.82) is 0 Å². The van der Waals surface area contributed by atoms with Crippen LogP contribution in [0, 0.1) is 4.77 Å². The van der Waals surface area contributed by atoms with Gasteiger partial charge in [-0.2, -0.15) is 9.78 Å². The third kappa shape index (κ3) is 3.62. The number of hydrogen-bond donors (Lipinski definition) is 0. The summed E-state index contributed by atoms with van der Waals surface area (Å²) in [4.78, 5) is 0. The van der Waals surface area contributed by atoms with Gasteiger partial charge in [0.2, 0.25) is 4.77 Å². The van der Waals surface area contributed by atoms with Gasteiger partial charge in [0.1, 0.15) is 0 Å². The van der Waals surface area contributed by atoms with Crippen LogP contribution in [0.25, 0.3) is 11.4 Å². The molecule has 0 aliphatic heterocycles. The van der Waals surface area contributed by atoms with E-state index in [1.807, 2.05) is 30.3 Å². The van der Waals surface area contributed by atoms with E-state index >= 15 is 0 Å². The van der Waals surface area contributed by atoms with E-state index < -0.39 is 0 Å². The summed E-state index contributed by atoms with van der Waals surface area (Å²) >= 11 is 20.9. The Morgan fingerprint density at radius 3 is 2.50 bits per heavy atom. The second kappa shape index (κ2) is 7.19. The molecular weight excluding hydrogens is 431 g/mol. The number of aromatic nitrogens is 3. The molecule has 0 aliphatic carbocycles. The van der Waals surface area contributed by atoms with Gasteiger partial charge in [-0.3, -0.25) is 0 Å². The van der Waals surface area contributed by atoms with Gasteiger partial charge < -0.3 is 0 Å². The van der Waals surface area contributed by atoms with Crippen molar-refractivity contribution in [2.75, 3.05) is 0 Å². The first-order valence-electron chi connectivity index (χ1n) is 6.87. The van der Waals surface area contributed by atoms with Gasteiger partial charge in [-0.05, 0) is 48.1 Å². The first kappa shape index (κ1) is 17.4. The Bertz CT molecular complexity index is 977. The summed E-state index contributed by atoms with van der Waals surface area (Å²) in [5, 5.41) is 9.84. The fraction of sp³-hybridized carbons (Fsp3) is 0.0625. The molecule has 0 N–H and O–H groups in total. The molecule has 0 saturated heterocycles. The molecule has 0 atom stereocenters. The highest BCUT2D eigenvalue weighted by atomic mass is 79.9. The summed E-state index contributed by atoms with van der Waals surface area (Å²) in [5.74, 6) is 0.592. The van der Waals surface area contributed by atoms with E-state index in [1.165, 1.54) is 0 Å². The largest absolute Gasteiger partial charge is 0.239 e. The van der Waals surface area contributed by atoms with Crippen LogP contribution < -0.4 is 0 Å². The van der Waals surface area contributed by atoms with Gasteiger partial charge in [-0.15, -0.1) is 5.10 Å². The third-order valence-corrected chi connectivity index (χ3v) is 4.98. The van der Waals surface area contributed by atoms with E-state index in [0.29, 0.717) is 20.6 Å². The van der Waals surface area contributed by atoms with E-state index in [9.17, 15) is 0 Å². The van der Waals surface area contributed by atoms with Crippen LogP contribution in [0.3, 0.4) is 0 Å². The molecule has 8 heteroatoms. The van der Waals surface area contributed by atoms with Crippen molar-refractivity contribution in [3.8, 4) is 11.4 Å². The lowest BCUT2D eigenvalue weighted by molar-refractivity contribution is 0.738. The molecule has 1 heterocycles. The molecule has 0 fully saturated rings. The van der Waals surface area contributed by atoms with Crippen LogP contribution in [-0.2, 0) is 7.05 Å². The quantitative estimate of drug-likeness (QED) is 0.393. The number of halogens is 3. The molecule has 0 amide bonds. The van der Waals surface area contributed by atoms with E-state index in [0.717, 1.165) is 15.6 Å². The Hall–Kier alpha value is -1.47. The molecule has 122 valence electrons. The van der Waals surface area contributed by atoms with Gasteiger partial charge in [0.05, 0.1) is 16.3 Å². The Balaban J connectivity index is 2.06. The van der Waals surface area contributed by atoms with Gasteiger partial charge in [-0.1, -0.05) is 51.3 Å². The van der Waals surface area contributed by atoms with E-state index in [-0.39, 0.29) is 0 Å². The number of aryl methyl sites for hydroxylation is 1. The minimum Gasteiger partial charge on any atom is -0.239 e. The van der Waals surface area contributed by atoms with Crippen LogP contribution in [-0.4, -0.2) is 20.7 Å². The maximum atomic E-state index is 6.11. The van der Waals surface area contributed by atoms with E-state index in [2.05, 4.69) is 26.1 Å². The molecule has 3 rings (SSSR count). The van der Waals surface area contributed by atoms with Crippen molar-refractivity contribution in [2.45, 2.75) is 0 Å². The Morgan fingerprint density at radius 2 is 1.83 bits per heavy atom. The Morgan fingerprint density at radius 1 is 1.12 bits per heavy atom. The first-order chi connectivity index (χ1) is 11.5. The monoisotopic (exact) mass is 440 g/mol. The average Bonchev–Trinajstić information content (AvgIpc) is 2.85. The van der Waals surface area contributed by atoms with Crippen molar-refractivity contribution in [3.05, 3.63) is 67.3 Å². The molecule has 3 aromatic rings. The molecular formula is C16H11BrCl2N4S. The maximum Gasteiger partial charge on any atom is 0.219 e. The highest BCUT2D eigenvalue weighted by molar-refractivity contribution is 9.10. The smallest absolute Gasteiger partial charge is 0.219 e. The summed E-state index contributed by atoms with van der Waals surface area (Å²) in [6.07, 6.45) is 1.73. The molecule has 0 bridgehead atoms. The molecule has 4 nitrogen and oxygen atoms in total. The summed E-state index contributed by atoms with van der Waals surface area (Å²) in [6.45, 7) is 0. The van der Waals surface area contributed by atoms with Gasteiger partial charge in [0.15, 0.2) is 5.82 Å². The summed E-state index contributed by atoms with van der Waals surface area (Å²) in [6, 6.07) is 13.1. The van der Waals surface area contributed by atoms with Gasteiger partial charge >= 0.3 is 0 Å². The normalized spacial score (nSPS) is 11.3. The zero-order chi connectivity index (χ0) is 17.3. The van der Waals surface area contributed by atoms with Crippen molar-refractivity contribution < 1.29 is 0 Å². The lowest BCUT2D eigenvalue weighted by atomic mass is 10.2. The molecule has 2 aromatic carbocycles. The van der Waals surface area contributed by atoms with E-state index in [4.69, 9.17) is 35.4 Å². The molecule has 1 aromatic heterocycles. The SMILES string of the molecule is Cn1nc(-c2ccc(Cl)c(Cl)c2)n(/N=C/c2ccc(Br)cc2)c1=S. The zero-order valence-electron chi connectivity index (χ0n) is 12.4.